The summed E-state index contributed by atoms with van der Waals surface area (Å²) in [5, 5.41) is 7.41. The molecule has 2 aromatic rings. The van der Waals surface area contributed by atoms with Gasteiger partial charge in [0.1, 0.15) is 6.61 Å². The summed E-state index contributed by atoms with van der Waals surface area (Å²) in [6.45, 7) is 0.168. The number of halogens is 1. The lowest BCUT2D eigenvalue weighted by molar-refractivity contribution is -0.142. The molecule has 0 fully saturated rings. The van der Waals surface area contributed by atoms with Gasteiger partial charge in [-0.1, -0.05) is 18.2 Å². The van der Waals surface area contributed by atoms with Crippen molar-refractivity contribution < 1.29 is 9.53 Å². The van der Waals surface area contributed by atoms with Crippen LogP contribution in [0, 0.1) is 0 Å². The maximum atomic E-state index is 11.5. The van der Waals surface area contributed by atoms with Gasteiger partial charge in [0, 0.05) is 5.39 Å². The molecule has 18 heavy (non-hydrogen) atoms. The van der Waals surface area contributed by atoms with Gasteiger partial charge in [0.15, 0.2) is 0 Å². The van der Waals surface area contributed by atoms with E-state index in [4.69, 9.17) is 16.3 Å². The van der Waals surface area contributed by atoms with E-state index in [9.17, 15) is 9.59 Å². The number of aromatic amines is 1. The number of benzene rings is 1. The Morgan fingerprint density at radius 1 is 1.33 bits per heavy atom. The van der Waals surface area contributed by atoms with Crippen molar-refractivity contribution in [3.8, 4) is 0 Å². The molecule has 0 spiro atoms. The number of fused-ring (bicyclic) bond motifs is 1. The van der Waals surface area contributed by atoms with Crippen LogP contribution in [0.15, 0.2) is 29.1 Å². The fraction of sp³-hybridized carbons (Fsp3) is 0.250. The highest BCUT2D eigenvalue weighted by atomic mass is 35.5. The lowest BCUT2D eigenvalue weighted by Gasteiger charge is -2.04. The Labute approximate surface area is 108 Å². The van der Waals surface area contributed by atoms with E-state index >= 15 is 0 Å². The zero-order valence-electron chi connectivity index (χ0n) is 9.48. The molecule has 0 unspecified atom stereocenters. The Kier molecular flexibility index (Phi) is 3.94. The molecule has 0 bridgehead atoms. The first-order valence-corrected chi connectivity index (χ1v) is 5.93. The van der Waals surface area contributed by atoms with Crippen molar-refractivity contribution in [2.24, 2.45) is 0 Å². The Morgan fingerprint density at radius 2 is 2.06 bits per heavy atom. The van der Waals surface area contributed by atoms with Crippen LogP contribution in [0.5, 0.6) is 0 Å². The number of ether oxygens (including phenoxy) is 1. The van der Waals surface area contributed by atoms with E-state index in [0.717, 1.165) is 0 Å². The first-order valence-electron chi connectivity index (χ1n) is 5.40. The lowest BCUT2D eigenvalue weighted by atomic mass is 10.1. The largest absolute Gasteiger partial charge is 0.464 e. The minimum absolute atomic E-state index is 0.00812. The maximum absolute atomic E-state index is 11.5. The zero-order valence-corrected chi connectivity index (χ0v) is 10.2. The van der Waals surface area contributed by atoms with Gasteiger partial charge < -0.3 is 4.74 Å². The Morgan fingerprint density at radius 3 is 2.78 bits per heavy atom. The number of esters is 1. The van der Waals surface area contributed by atoms with Crippen LogP contribution in [0.25, 0.3) is 10.8 Å². The summed E-state index contributed by atoms with van der Waals surface area (Å²) in [6, 6.07) is 6.98. The first kappa shape index (κ1) is 12.6. The highest BCUT2D eigenvalue weighted by molar-refractivity contribution is 6.18. The van der Waals surface area contributed by atoms with Gasteiger partial charge >= 0.3 is 5.97 Å². The Bertz CT molecular complexity index is 624. The molecule has 0 saturated carbocycles. The molecule has 94 valence electrons. The van der Waals surface area contributed by atoms with E-state index in [-0.39, 0.29) is 24.5 Å². The Balaban J connectivity index is 2.32. The number of rotatable bonds is 4. The van der Waals surface area contributed by atoms with Crippen LogP contribution in [0.4, 0.5) is 0 Å². The molecule has 1 N–H and O–H groups in total. The van der Waals surface area contributed by atoms with Crippen LogP contribution in [0.2, 0.25) is 0 Å². The summed E-state index contributed by atoms with van der Waals surface area (Å²) >= 11 is 5.42. The second kappa shape index (κ2) is 5.64. The van der Waals surface area contributed by atoms with Crippen molar-refractivity contribution >= 4 is 28.3 Å². The highest BCUT2D eigenvalue weighted by Gasteiger charge is 2.11. The number of nitrogens with zero attached hydrogens (tertiary/aromatic N) is 1. The van der Waals surface area contributed by atoms with Gasteiger partial charge in [-0.05, 0) is 6.07 Å². The third-order valence-corrected chi connectivity index (χ3v) is 2.58. The van der Waals surface area contributed by atoms with E-state index < -0.39 is 5.97 Å². The van der Waals surface area contributed by atoms with Gasteiger partial charge in [-0.3, -0.25) is 9.59 Å². The number of alkyl halides is 1. The van der Waals surface area contributed by atoms with Crippen LogP contribution in [0.3, 0.4) is 0 Å². The van der Waals surface area contributed by atoms with E-state index in [1.807, 2.05) is 0 Å². The lowest BCUT2D eigenvalue weighted by Crippen LogP contribution is -2.15. The highest BCUT2D eigenvalue weighted by Crippen LogP contribution is 2.13. The zero-order chi connectivity index (χ0) is 13.0. The van der Waals surface area contributed by atoms with Crippen LogP contribution in [-0.4, -0.2) is 28.7 Å². The second-order valence-corrected chi connectivity index (χ2v) is 4.01. The summed E-state index contributed by atoms with van der Waals surface area (Å²) in [5.41, 5.74) is 0.216. The van der Waals surface area contributed by atoms with E-state index in [1.165, 1.54) is 0 Å². The van der Waals surface area contributed by atoms with Gasteiger partial charge in [-0.25, -0.2) is 5.10 Å². The van der Waals surface area contributed by atoms with Gasteiger partial charge in [0.25, 0.3) is 5.56 Å². The van der Waals surface area contributed by atoms with Gasteiger partial charge in [0.2, 0.25) is 0 Å². The molecule has 1 aromatic carbocycles. The van der Waals surface area contributed by atoms with Gasteiger partial charge in [-0.15, -0.1) is 11.6 Å². The van der Waals surface area contributed by atoms with E-state index in [2.05, 4.69) is 10.2 Å². The third-order valence-electron chi connectivity index (χ3n) is 2.43. The number of aromatic nitrogens is 2. The van der Waals surface area contributed by atoms with E-state index in [1.54, 1.807) is 24.3 Å². The molecule has 1 heterocycles. The first-order chi connectivity index (χ1) is 8.72. The summed E-state index contributed by atoms with van der Waals surface area (Å²) in [5.74, 6) is -0.161. The van der Waals surface area contributed by atoms with Crippen molar-refractivity contribution in [2.45, 2.75) is 6.42 Å². The molecule has 6 heteroatoms. The molecule has 1 aromatic heterocycles. The minimum atomic E-state index is -0.416. The second-order valence-electron chi connectivity index (χ2n) is 3.63. The monoisotopic (exact) mass is 266 g/mol. The predicted octanol–water partition coefficient (Wildman–Crippen LogP) is 1.25. The third kappa shape index (κ3) is 2.68. The smallest absolute Gasteiger partial charge is 0.312 e. The molecule has 0 aliphatic carbocycles. The molecule has 0 aliphatic heterocycles. The molecule has 0 aliphatic rings. The Hall–Kier alpha value is -1.88. The number of hydrogen-bond acceptors (Lipinski definition) is 4. The van der Waals surface area contributed by atoms with Crippen LogP contribution in [-0.2, 0) is 16.0 Å². The standard InChI is InChI=1S/C12H11ClN2O3/c13-5-6-18-11(16)7-10-8-3-1-2-4-9(8)12(17)15-14-10/h1-4H,5-7H2,(H,15,17). The molecule has 0 saturated heterocycles. The number of carbonyl (C=O) groups is 1. The fourth-order valence-corrected chi connectivity index (χ4v) is 1.72. The molecular formula is C12H11ClN2O3. The summed E-state index contributed by atoms with van der Waals surface area (Å²) < 4.78 is 4.87. The molecule has 2 rings (SSSR count). The van der Waals surface area contributed by atoms with Crippen LogP contribution < -0.4 is 5.56 Å². The SMILES string of the molecule is O=C(Cc1n[nH]c(=O)c2ccccc12)OCCCl. The molecule has 0 radical (unpaired) electrons. The minimum Gasteiger partial charge on any atom is -0.464 e. The number of hydrogen-bond donors (Lipinski definition) is 1. The van der Waals surface area contributed by atoms with Crippen molar-refractivity contribution in [1.29, 1.82) is 0 Å². The molecule has 5 nitrogen and oxygen atoms in total. The summed E-state index contributed by atoms with van der Waals surface area (Å²) in [7, 11) is 0. The number of nitrogens with one attached hydrogen (secondary N) is 1. The average Bonchev–Trinajstić information content (AvgIpc) is 2.40. The maximum Gasteiger partial charge on any atom is 0.312 e. The van der Waals surface area contributed by atoms with Crippen LogP contribution >= 0.6 is 11.6 Å². The molecule has 0 amide bonds. The van der Waals surface area contributed by atoms with Crippen molar-refractivity contribution in [3.63, 3.8) is 0 Å². The quantitative estimate of drug-likeness (QED) is 0.668. The van der Waals surface area contributed by atoms with Gasteiger partial charge in [-0.2, -0.15) is 5.10 Å². The van der Waals surface area contributed by atoms with Crippen molar-refractivity contribution in [2.75, 3.05) is 12.5 Å². The van der Waals surface area contributed by atoms with Crippen LogP contribution in [0.1, 0.15) is 5.69 Å². The van der Waals surface area contributed by atoms with E-state index in [0.29, 0.717) is 16.5 Å². The number of carbonyl (C=O) groups excluding carboxylic acids is 1. The summed E-state index contributed by atoms with van der Waals surface area (Å²) in [4.78, 5) is 23.0. The topological polar surface area (TPSA) is 72.0 Å². The van der Waals surface area contributed by atoms with Crippen molar-refractivity contribution in [3.05, 3.63) is 40.3 Å². The van der Waals surface area contributed by atoms with Crippen molar-refractivity contribution in [1.82, 2.24) is 10.2 Å². The molecule has 0 atom stereocenters. The predicted molar refractivity (Wildman–Crippen MR) is 67.7 cm³/mol. The number of H-pyrrole nitrogens is 1. The fourth-order valence-electron chi connectivity index (χ4n) is 1.65. The molecular weight excluding hydrogens is 256 g/mol. The average molecular weight is 267 g/mol. The van der Waals surface area contributed by atoms with Gasteiger partial charge in [0.05, 0.1) is 23.4 Å². The normalized spacial score (nSPS) is 10.5. The summed E-state index contributed by atoms with van der Waals surface area (Å²) in [6.07, 6.45) is 0.00812.